The number of furan rings is 2. The van der Waals surface area contributed by atoms with Crippen molar-refractivity contribution in [2.24, 2.45) is 0 Å². The molecule has 0 saturated carbocycles. The lowest BCUT2D eigenvalue weighted by molar-refractivity contribution is 0.638. The van der Waals surface area contributed by atoms with Gasteiger partial charge in [0, 0.05) is 61.2 Å². The van der Waals surface area contributed by atoms with Gasteiger partial charge in [0.2, 0.25) is 0 Å². The van der Waals surface area contributed by atoms with Crippen LogP contribution in [0.3, 0.4) is 0 Å². The number of hydrogen-bond acceptors (Lipinski definition) is 4. The monoisotopic (exact) mass is 762 g/mol. The van der Waals surface area contributed by atoms with E-state index in [9.17, 15) is 0 Å². The van der Waals surface area contributed by atoms with Gasteiger partial charge in [0.05, 0.1) is 0 Å². The van der Waals surface area contributed by atoms with Gasteiger partial charge in [-0.1, -0.05) is 86.6 Å². The van der Waals surface area contributed by atoms with Crippen LogP contribution in [0.4, 0.5) is 34.1 Å². The van der Waals surface area contributed by atoms with Crippen molar-refractivity contribution in [2.75, 3.05) is 9.80 Å². The minimum atomic E-state index is 0.173. The van der Waals surface area contributed by atoms with Crippen LogP contribution in [0.5, 0.6) is 0 Å². The van der Waals surface area contributed by atoms with Crippen LogP contribution in [0.25, 0.3) is 65.4 Å². The Balaban J connectivity index is 1.06. The van der Waals surface area contributed by atoms with Crippen molar-refractivity contribution < 1.29 is 8.83 Å². The summed E-state index contributed by atoms with van der Waals surface area (Å²) in [5, 5.41) is 9.04. The van der Waals surface area contributed by atoms with Crippen LogP contribution in [-0.4, -0.2) is 0 Å². The standard InChI is InChI=1S/C55H42N2O2/c1-34(2)53-54-49(47-29-37-21-23-45(27-39(37)31-51(47)58-54)56(41-15-7-5-8-16-41)43-19-11-13-35(3)25-43)33-50-48-30-38-22-24-46(28-40(38)32-52(48)59-55(50)53)57(42-17-9-6-10-18-42)44-20-12-14-36(4)26-44/h5-34H,1-4H3. The molecule has 2 heterocycles. The number of hydrogen-bond donors (Lipinski definition) is 0. The van der Waals surface area contributed by atoms with E-state index in [1.54, 1.807) is 0 Å². The zero-order chi connectivity index (χ0) is 39.8. The Bertz CT molecular complexity index is 3170. The van der Waals surface area contributed by atoms with Gasteiger partial charge in [-0.3, -0.25) is 0 Å². The van der Waals surface area contributed by atoms with Gasteiger partial charge in [-0.15, -0.1) is 0 Å². The zero-order valence-electron chi connectivity index (χ0n) is 33.5. The molecule has 0 fully saturated rings. The fourth-order valence-corrected chi connectivity index (χ4v) is 9.01. The number of anilines is 6. The first-order valence-corrected chi connectivity index (χ1v) is 20.4. The predicted octanol–water partition coefficient (Wildman–Crippen LogP) is 16.5. The number of aryl methyl sites for hydroxylation is 2. The van der Waals surface area contributed by atoms with Gasteiger partial charge in [-0.25, -0.2) is 0 Å². The Morgan fingerprint density at radius 2 is 0.780 bits per heavy atom. The second-order valence-electron chi connectivity index (χ2n) is 16.2. The van der Waals surface area contributed by atoms with E-state index in [2.05, 4.69) is 213 Å². The molecule has 4 nitrogen and oxygen atoms in total. The van der Waals surface area contributed by atoms with Crippen LogP contribution in [0.15, 0.2) is 185 Å². The molecule has 0 atom stereocenters. The van der Waals surface area contributed by atoms with E-state index in [1.165, 1.54) is 21.9 Å². The number of benzene rings is 9. The molecule has 9 aromatic carbocycles. The molecule has 0 N–H and O–H groups in total. The third-order valence-corrected chi connectivity index (χ3v) is 11.8. The minimum Gasteiger partial charge on any atom is -0.456 e. The summed E-state index contributed by atoms with van der Waals surface area (Å²) in [6.07, 6.45) is 0. The number of para-hydroxylation sites is 2. The van der Waals surface area contributed by atoms with E-state index in [0.717, 1.165) is 94.3 Å². The lowest BCUT2D eigenvalue weighted by atomic mass is 9.95. The molecule has 11 aromatic rings. The van der Waals surface area contributed by atoms with Gasteiger partial charge in [0.25, 0.3) is 0 Å². The average Bonchev–Trinajstić information content (AvgIpc) is 3.78. The minimum absolute atomic E-state index is 0.173. The summed E-state index contributed by atoms with van der Waals surface area (Å²) in [4.78, 5) is 4.64. The maximum absolute atomic E-state index is 6.88. The number of fused-ring (bicyclic) bond motifs is 8. The van der Waals surface area contributed by atoms with Crippen molar-refractivity contribution in [3.8, 4) is 0 Å². The van der Waals surface area contributed by atoms with Crippen molar-refractivity contribution >= 4 is 99.5 Å². The van der Waals surface area contributed by atoms with E-state index in [0.29, 0.717) is 0 Å². The second kappa shape index (κ2) is 13.7. The van der Waals surface area contributed by atoms with Crippen molar-refractivity contribution in [1.29, 1.82) is 0 Å². The Kier molecular flexibility index (Phi) is 8.09. The lowest BCUT2D eigenvalue weighted by Crippen LogP contribution is -2.09. The van der Waals surface area contributed by atoms with Gasteiger partial charge in [-0.05, 0) is 156 Å². The molecule has 0 saturated heterocycles. The van der Waals surface area contributed by atoms with E-state index >= 15 is 0 Å². The highest BCUT2D eigenvalue weighted by atomic mass is 16.3. The smallest absolute Gasteiger partial charge is 0.142 e. The molecule has 0 bridgehead atoms. The first-order valence-electron chi connectivity index (χ1n) is 20.4. The summed E-state index contributed by atoms with van der Waals surface area (Å²) in [6, 6.07) is 63.2. The first kappa shape index (κ1) is 34.9. The van der Waals surface area contributed by atoms with E-state index < -0.39 is 0 Å². The zero-order valence-corrected chi connectivity index (χ0v) is 33.5. The molecule has 2 aromatic heterocycles. The molecular weight excluding hydrogens is 721 g/mol. The third-order valence-electron chi connectivity index (χ3n) is 11.8. The Morgan fingerprint density at radius 3 is 1.20 bits per heavy atom. The molecule has 59 heavy (non-hydrogen) atoms. The van der Waals surface area contributed by atoms with Gasteiger partial charge < -0.3 is 18.6 Å². The quantitative estimate of drug-likeness (QED) is 0.162. The van der Waals surface area contributed by atoms with Crippen LogP contribution in [-0.2, 0) is 0 Å². The van der Waals surface area contributed by atoms with Crippen LogP contribution in [0.1, 0.15) is 36.5 Å². The van der Waals surface area contributed by atoms with Gasteiger partial charge >= 0.3 is 0 Å². The molecule has 0 amide bonds. The molecular formula is C55H42N2O2. The van der Waals surface area contributed by atoms with Crippen molar-refractivity contribution in [2.45, 2.75) is 33.6 Å². The van der Waals surface area contributed by atoms with Gasteiger partial charge in [0.15, 0.2) is 0 Å². The molecule has 0 unspecified atom stereocenters. The summed E-state index contributed by atoms with van der Waals surface area (Å²) < 4.78 is 13.8. The number of nitrogens with zero attached hydrogens (tertiary/aromatic N) is 2. The Hall–Kier alpha value is -7.30. The normalized spacial score (nSPS) is 11.9. The third kappa shape index (κ3) is 5.90. The second-order valence-corrected chi connectivity index (χ2v) is 16.2. The predicted molar refractivity (Wildman–Crippen MR) is 249 cm³/mol. The van der Waals surface area contributed by atoms with Crippen molar-refractivity contribution in [1.82, 2.24) is 0 Å². The van der Waals surface area contributed by atoms with Gasteiger partial charge in [-0.2, -0.15) is 0 Å². The highest BCUT2D eigenvalue weighted by molar-refractivity contribution is 6.20. The van der Waals surface area contributed by atoms with Crippen molar-refractivity contribution in [3.63, 3.8) is 0 Å². The van der Waals surface area contributed by atoms with E-state index in [4.69, 9.17) is 8.83 Å². The summed E-state index contributed by atoms with van der Waals surface area (Å²) >= 11 is 0. The summed E-state index contributed by atoms with van der Waals surface area (Å²) in [6.45, 7) is 8.74. The highest BCUT2D eigenvalue weighted by Gasteiger charge is 2.23. The SMILES string of the molecule is Cc1cccc(N(c2ccccc2)c2ccc3cc4c(cc3c2)oc2c(C(C)C)c3oc5cc6cc(N(c7ccccc7)c7cccc(C)c7)ccc6cc5c3cc24)c1. The van der Waals surface area contributed by atoms with E-state index in [1.807, 2.05) is 0 Å². The molecule has 0 aliphatic rings. The van der Waals surface area contributed by atoms with Crippen LogP contribution in [0, 0.1) is 13.8 Å². The summed E-state index contributed by atoms with van der Waals surface area (Å²) in [5.74, 6) is 0.173. The fraction of sp³-hybridized carbons (Fsp3) is 0.0909. The molecule has 0 radical (unpaired) electrons. The molecule has 284 valence electrons. The summed E-state index contributed by atoms with van der Waals surface area (Å²) in [7, 11) is 0. The van der Waals surface area contributed by atoms with Crippen molar-refractivity contribution in [3.05, 3.63) is 193 Å². The van der Waals surface area contributed by atoms with Crippen LogP contribution >= 0.6 is 0 Å². The average molecular weight is 763 g/mol. The van der Waals surface area contributed by atoms with Crippen LogP contribution in [0.2, 0.25) is 0 Å². The molecule has 4 heteroatoms. The van der Waals surface area contributed by atoms with E-state index in [-0.39, 0.29) is 5.92 Å². The maximum Gasteiger partial charge on any atom is 0.142 e. The largest absolute Gasteiger partial charge is 0.456 e. The van der Waals surface area contributed by atoms with Crippen LogP contribution < -0.4 is 9.80 Å². The highest BCUT2D eigenvalue weighted by Crippen LogP contribution is 2.46. The Labute approximate surface area is 343 Å². The summed E-state index contributed by atoms with van der Waals surface area (Å²) in [5.41, 5.74) is 13.8. The molecule has 11 rings (SSSR count). The fourth-order valence-electron chi connectivity index (χ4n) is 9.01. The first-order chi connectivity index (χ1) is 28.9. The lowest BCUT2D eigenvalue weighted by Gasteiger charge is -2.26. The topological polar surface area (TPSA) is 32.8 Å². The molecule has 0 aliphatic carbocycles. The number of rotatable bonds is 7. The maximum atomic E-state index is 6.88. The Morgan fingerprint density at radius 1 is 0.356 bits per heavy atom. The molecule has 0 aliphatic heterocycles. The molecule has 0 spiro atoms. The van der Waals surface area contributed by atoms with Gasteiger partial charge in [0.1, 0.15) is 22.3 Å².